The molecule has 1 N–H and O–H groups in total. The number of nitro groups is 1. The maximum absolute atomic E-state index is 11.9. The molecule has 1 heterocycles. The SMILES string of the molecule is Cc1ccc(C#N)cc1NC(=O)c1ccc([N+](=O)[O-])o1. The van der Waals surface area contributed by atoms with Gasteiger partial charge in [-0.05, 0) is 30.7 Å². The van der Waals surface area contributed by atoms with Gasteiger partial charge in [0.1, 0.15) is 4.92 Å². The van der Waals surface area contributed by atoms with Crippen molar-refractivity contribution in [2.75, 3.05) is 5.32 Å². The van der Waals surface area contributed by atoms with Gasteiger partial charge in [-0.25, -0.2) is 0 Å². The minimum atomic E-state index is -0.724. The Hall–Kier alpha value is -3.14. The highest BCUT2D eigenvalue weighted by Gasteiger charge is 2.17. The molecule has 0 saturated carbocycles. The summed E-state index contributed by atoms with van der Waals surface area (Å²) in [5, 5.41) is 21.8. The molecule has 7 nitrogen and oxygen atoms in total. The number of aryl methyl sites for hydroxylation is 1. The van der Waals surface area contributed by atoms with Crippen LogP contribution in [-0.4, -0.2) is 10.8 Å². The highest BCUT2D eigenvalue weighted by Crippen LogP contribution is 2.20. The molecule has 0 bridgehead atoms. The van der Waals surface area contributed by atoms with E-state index >= 15 is 0 Å². The van der Waals surface area contributed by atoms with E-state index in [-0.39, 0.29) is 5.76 Å². The second-order valence-electron chi connectivity index (χ2n) is 3.99. The lowest BCUT2D eigenvalue weighted by Gasteiger charge is -2.06. The Balaban J connectivity index is 2.23. The molecule has 20 heavy (non-hydrogen) atoms. The molecule has 0 fully saturated rings. The molecule has 0 aliphatic rings. The molecule has 0 atom stereocenters. The van der Waals surface area contributed by atoms with Gasteiger partial charge in [-0.1, -0.05) is 6.07 Å². The first-order valence-electron chi connectivity index (χ1n) is 5.57. The molecular formula is C13H9N3O4. The van der Waals surface area contributed by atoms with Crippen molar-refractivity contribution in [3.63, 3.8) is 0 Å². The number of nitriles is 1. The van der Waals surface area contributed by atoms with Crippen LogP contribution in [0.15, 0.2) is 34.7 Å². The third kappa shape index (κ3) is 2.64. The average Bonchev–Trinajstić information content (AvgIpc) is 2.91. The van der Waals surface area contributed by atoms with Crippen molar-refractivity contribution in [2.24, 2.45) is 0 Å². The van der Waals surface area contributed by atoms with Crippen LogP contribution < -0.4 is 5.32 Å². The largest absolute Gasteiger partial charge is 0.433 e. The maximum Gasteiger partial charge on any atom is 0.433 e. The first-order valence-corrected chi connectivity index (χ1v) is 5.57. The topological polar surface area (TPSA) is 109 Å². The predicted octanol–water partition coefficient (Wildman–Crippen LogP) is 2.62. The summed E-state index contributed by atoms with van der Waals surface area (Å²) < 4.78 is 4.80. The number of hydrogen-bond donors (Lipinski definition) is 1. The Morgan fingerprint density at radius 2 is 2.15 bits per heavy atom. The summed E-state index contributed by atoms with van der Waals surface area (Å²) >= 11 is 0. The summed E-state index contributed by atoms with van der Waals surface area (Å²) in [6.45, 7) is 1.77. The summed E-state index contributed by atoms with van der Waals surface area (Å²) in [6, 6.07) is 9.13. The van der Waals surface area contributed by atoms with E-state index in [1.54, 1.807) is 19.1 Å². The highest BCUT2D eigenvalue weighted by atomic mass is 16.6. The van der Waals surface area contributed by atoms with Crippen LogP contribution in [0.25, 0.3) is 0 Å². The van der Waals surface area contributed by atoms with Gasteiger partial charge in [0.2, 0.25) is 0 Å². The first kappa shape index (κ1) is 13.3. The number of carbonyl (C=O) groups excluding carboxylic acids is 1. The van der Waals surface area contributed by atoms with Crippen LogP contribution in [-0.2, 0) is 0 Å². The summed E-state index contributed by atoms with van der Waals surface area (Å²) in [4.78, 5) is 21.6. The number of rotatable bonds is 3. The zero-order valence-corrected chi connectivity index (χ0v) is 10.4. The summed E-state index contributed by atoms with van der Waals surface area (Å²) in [5.41, 5.74) is 1.61. The van der Waals surface area contributed by atoms with Crippen LogP contribution in [0.1, 0.15) is 21.7 Å². The Bertz CT molecular complexity index is 727. The van der Waals surface area contributed by atoms with Gasteiger partial charge in [-0.15, -0.1) is 0 Å². The zero-order valence-electron chi connectivity index (χ0n) is 10.4. The van der Waals surface area contributed by atoms with Crippen LogP contribution >= 0.6 is 0 Å². The molecular weight excluding hydrogens is 262 g/mol. The molecule has 2 rings (SSSR count). The molecule has 0 saturated heterocycles. The van der Waals surface area contributed by atoms with E-state index in [2.05, 4.69) is 5.32 Å². The van der Waals surface area contributed by atoms with Gasteiger partial charge < -0.3 is 9.73 Å². The molecule has 0 spiro atoms. The van der Waals surface area contributed by atoms with Gasteiger partial charge in [-0.3, -0.25) is 14.9 Å². The van der Waals surface area contributed by atoms with E-state index in [1.165, 1.54) is 12.1 Å². The van der Waals surface area contributed by atoms with E-state index in [9.17, 15) is 14.9 Å². The van der Waals surface area contributed by atoms with Crippen LogP contribution in [0.5, 0.6) is 0 Å². The smallest absolute Gasteiger partial charge is 0.395 e. The fourth-order valence-electron chi connectivity index (χ4n) is 1.56. The number of benzene rings is 1. The lowest BCUT2D eigenvalue weighted by molar-refractivity contribution is -0.402. The van der Waals surface area contributed by atoms with Gasteiger partial charge in [0.05, 0.1) is 17.7 Å². The van der Waals surface area contributed by atoms with E-state index < -0.39 is 16.7 Å². The third-order valence-corrected chi connectivity index (χ3v) is 2.61. The number of nitrogens with zero attached hydrogens (tertiary/aromatic N) is 2. The minimum Gasteiger partial charge on any atom is -0.395 e. The Morgan fingerprint density at radius 1 is 1.40 bits per heavy atom. The molecule has 2 aromatic rings. The monoisotopic (exact) mass is 271 g/mol. The average molecular weight is 271 g/mol. The van der Waals surface area contributed by atoms with Crippen molar-refractivity contribution in [2.45, 2.75) is 6.92 Å². The lowest BCUT2D eigenvalue weighted by atomic mass is 10.1. The molecule has 7 heteroatoms. The number of amides is 1. The van der Waals surface area contributed by atoms with Gasteiger partial charge >= 0.3 is 5.88 Å². The van der Waals surface area contributed by atoms with Gasteiger partial charge in [0.15, 0.2) is 5.76 Å². The molecule has 1 amide bonds. The fraction of sp³-hybridized carbons (Fsp3) is 0.0769. The van der Waals surface area contributed by atoms with Crippen molar-refractivity contribution in [3.8, 4) is 6.07 Å². The molecule has 0 aliphatic heterocycles. The number of nitrogens with one attached hydrogen (secondary N) is 1. The van der Waals surface area contributed by atoms with Crippen molar-refractivity contribution in [3.05, 3.63) is 57.3 Å². The molecule has 0 radical (unpaired) electrons. The van der Waals surface area contributed by atoms with Gasteiger partial charge in [-0.2, -0.15) is 5.26 Å². The predicted molar refractivity (Wildman–Crippen MR) is 69.2 cm³/mol. The molecule has 100 valence electrons. The van der Waals surface area contributed by atoms with Gasteiger partial charge in [0, 0.05) is 5.69 Å². The Kier molecular flexibility index (Phi) is 3.48. The summed E-state index contributed by atoms with van der Waals surface area (Å²) in [5.74, 6) is -1.28. The van der Waals surface area contributed by atoms with Crippen molar-refractivity contribution < 1.29 is 14.1 Å². The number of hydrogen-bond acceptors (Lipinski definition) is 5. The lowest BCUT2D eigenvalue weighted by Crippen LogP contribution is -2.12. The van der Waals surface area contributed by atoms with Gasteiger partial charge in [0.25, 0.3) is 5.91 Å². The Morgan fingerprint density at radius 3 is 2.75 bits per heavy atom. The van der Waals surface area contributed by atoms with Crippen LogP contribution in [0, 0.1) is 28.4 Å². The quantitative estimate of drug-likeness (QED) is 0.681. The summed E-state index contributed by atoms with van der Waals surface area (Å²) in [6.07, 6.45) is 0. The minimum absolute atomic E-state index is 0.168. The van der Waals surface area contributed by atoms with Crippen molar-refractivity contribution in [1.29, 1.82) is 5.26 Å². The standard InChI is InChI=1S/C13H9N3O4/c1-8-2-3-9(7-14)6-10(8)15-13(17)11-4-5-12(20-11)16(18)19/h2-6H,1H3,(H,15,17). The van der Waals surface area contributed by atoms with Crippen LogP contribution in [0.3, 0.4) is 0 Å². The highest BCUT2D eigenvalue weighted by molar-refractivity contribution is 6.02. The molecule has 0 unspecified atom stereocenters. The maximum atomic E-state index is 11.9. The van der Waals surface area contributed by atoms with Crippen LogP contribution in [0.4, 0.5) is 11.6 Å². The Labute approximate surface area is 113 Å². The fourth-order valence-corrected chi connectivity index (χ4v) is 1.56. The van der Waals surface area contributed by atoms with Crippen molar-refractivity contribution in [1.82, 2.24) is 0 Å². The molecule has 0 aliphatic carbocycles. The zero-order chi connectivity index (χ0) is 14.7. The van der Waals surface area contributed by atoms with Crippen molar-refractivity contribution >= 4 is 17.5 Å². The van der Waals surface area contributed by atoms with E-state index in [0.717, 1.165) is 11.6 Å². The third-order valence-electron chi connectivity index (χ3n) is 2.61. The molecule has 1 aromatic carbocycles. The normalized spacial score (nSPS) is 9.80. The van der Waals surface area contributed by atoms with E-state index in [1.807, 2.05) is 6.07 Å². The first-order chi connectivity index (χ1) is 9.51. The van der Waals surface area contributed by atoms with E-state index in [4.69, 9.17) is 9.68 Å². The second-order valence-corrected chi connectivity index (χ2v) is 3.99. The van der Waals surface area contributed by atoms with E-state index in [0.29, 0.717) is 11.3 Å². The number of furan rings is 1. The molecule has 1 aromatic heterocycles. The number of anilines is 1. The summed E-state index contributed by atoms with van der Waals surface area (Å²) in [7, 11) is 0. The second kappa shape index (κ2) is 5.24. The number of carbonyl (C=O) groups is 1. The van der Waals surface area contributed by atoms with Crippen LogP contribution in [0.2, 0.25) is 0 Å².